The van der Waals surface area contributed by atoms with E-state index in [1.807, 2.05) is 0 Å². The predicted octanol–water partition coefficient (Wildman–Crippen LogP) is 3.57. The largest absolute Gasteiger partial charge is 0.468 e. The summed E-state index contributed by atoms with van der Waals surface area (Å²) < 4.78 is 78.5. The van der Waals surface area contributed by atoms with Gasteiger partial charge in [-0.05, 0) is 49.2 Å². The smallest absolute Gasteiger partial charge is 0.409 e. The third-order valence-corrected chi connectivity index (χ3v) is 8.68. The molecule has 4 rings (SSSR count). The molecule has 0 spiro atoms. The second-order valence-electron chi connectivity index (χ2n) is 8.78. The van der Waals surface area contributed by atoms with Crippen molar-refractivity contribution in [2.45, 2.75) is 29.3 Å². The summed E-state index contributed by atoms with van der Waals surface area (Å²) in [6.07, 6.45) is -0.507. The monoisotopic (exact) mass is 574 g/mol. The molecule has 14 heteroatoms. The molecule has 2 aliphatic rings. The van der Waals surface area contributed by atoms with E-state index in [1.54, 1.807) is 0 Å². The molecule has 0 aliphatic carbocycles. The number of hydrogen-bond donors (Lipinski definition) is 0. The lowest BCUT2D eigenvalue weighted by atomic mass is 9.97. The van der Waals surface area contributed by atoms with Crippen molar-refractivity contribution in [3.63, 3.8) is 0 Å². The van der Waals surface area contributed by atoms with Crippen LogP contribution in [0.3, 0.4) is 0 Å². The van der Waals surface area contributed by atoms with Gasteiger partial charge in [-0.15, -0.1) is 0 Å². The Morgan fingerprint density at radius 3 is 2.37 bits per heavy atom. The Morgan fingerprint density at radius 2 is 1.76 bits per heavy atom. The zero-order valence-corrected chi connectivity index (χ0v) is 22.1. The average Bonchev–Trinajstić information content (AvgIpc) is 3.15. The molecular formula is C24H25ClF2N2O8S. The Morgan fingerprint density at radius 1 is 1.11 bits per heavy atom. The van der Waals surface area contributed by atoms with Crippen molar-refractivity contribution in [1.29, 1.82) is 0 Å². The van der Waals surface area contributed by atoms with E-state index in [4.69, 9.17) is 30.5 Å². The van der Waals surface area contributed by atoms with Crippen molar-refractivity contribution in [1.82, 2.24) is 9.21 Å². The van der Waals surface area contributed by atoms with Gasteiger partial charge in [-0.1, -0.05) is 11.6 Å². The van der Waals surface area contributed by atoms with Crippen LogP contribution in [0.5, 0.6) is 11.5 Å². The zero-order chi connectivity index (χ0) is 27.7. The third kappa shape index (κ3) is 5.15. The summed E-state index contributed by atoms with van der Waals surface area (Å²) in [5.41, 5.74) is -1.80. The van der Waals surface area contributed by atoms with E-state index >= 15 is 0 Å². The molecule has 2 aromatic carbocycles. The summed E-state index contributed by atoms with van der Waals surface area (Å²) in [6.45, 7) is -0.330. The Labute approximate surface area is 223 Å². The van der Waals surface area contributed by atoms with E-state index in [0.29, 0.717) is 17.2 Å². The fourth-order valence-corrected chi connectivity index (χ4v) is 6.87. The topological polar surface area (TPSA) is 112 Å². The normalized spacial score (nSPS) is 21.3. The number of ether oxygens (including phenoxy) is 4. The highest BCUT2D eigenvalue weighted by molar-refractivity contribution is 7.89. The Balaban J connectivity index is 1.66. The number of nitrogens with zero attached hydrogens (tertiary/aromatic N) is 2. The maximum atomic E-state index is 15.0. The number of carbonyl (C=O) groups is 2. The van der Waals surface area contributed by atoms with E-state index in [1.165, 1.54) is 36.3 Å². The molecule has 1 amide bonds. The maximum Gasteiger partial charge on any atom is 0.409 e. The molecule has 2 bridgehead atoms. The maximum absolute atomic E-state index is 15.0. The standard InChI is InChI=1S/C24H25ClF2N2O8S/c1-34-9-10-36-23(31)28-13-16-7-8-24(14-28,22(30)35-2)29(16)38(32,33)18-11-19(26)21(20(27)12-18)37-17-5-3-15(25)4-6-17/h3-6,11-12,16H,7-10,13-14H2,1-2H3. The number of sulfonamides is 1. The molecule has 0 N–H and O–H groups in total. The molecule has 2 aromatic rings. The Bertz CT molecular complexity index is 1300. The van der Waals surface area contributed by atoms with Crippen molar-refractivity contribution in [3.8, 4) is 11.5 Å². The van der Waals surface area contributed by atoms with Crippen LogP contribution in [0.2, 0.25) is 5.02 Å². The number of likely N-dealkylation sites (tertiary alicyclic amines) is 1. The molecule has 2 fully saturated rings. The van der Waals surface area contributed by atoms with Gasteiger partial charge in [-0.3, -0.25) is 0 Å². The number of hydrogen-bond acceptors (Lipinski definition) is 8. The van der Waals surface area contributed by atoms with Gasteiger partial charge >= 0.3 is 12.1 Å². The van der Waals surface area contributed by atoms with E-state index in [2.05, 4.69) is 0 Å². The molecule has 0 aromatic heterocycles. The highest BCUT2D eigenvalue weighted by Crippen LogP contribution is 2.44. The Hall–Kier alpha value is -3.00. The number of rotatable bonds is 8. The summed E-state index contributed by atoms with van der Waals surface area (Å²) in [7, 11) is -2.11. The van der Waals surface area contributed by atoms with Gasteiger partial charge in [0.05, 0.1) is 25.2 Å². The summed E-state index contributed by atoms with van der Waals surface area (Å²) in [6, 6.07) is 6.09. The van der Waals surface area contributed by atoms with Gasteiger partial charge < -0.3 is 23.8 Å². The summed E-state index contributed by atoms with van der Waals surface area (Å²) in [5, 5.41) is 0.386. The Kier molecular flexibility index (Phi) is 8.12. The molecule has 10 nitrogen and oxygen atoms in total. The van der Waals surface area contributed by atoms with E-state index in [9.17, 15) is 26.8 Å². The van der Waals surface area contributed by atoms with Gasteiger partial charge in [0.2, 0.25) is 10.0 Å². The molecule has 2 saturated heterocycles. The summed E-state index contributed by atoms with van der Waals surface area (Å²) >= 11 is 5.81. The van der Waals surface area contributed by atoms with Gasteiger partial charge in [0, 0.05) is 24.7 Å². The molecule has 0 radical (unpaired) electrons. The molecular weight excluding hydrogens is 550 g/mol. The van der Waals surface area contributed by atoms with Crippen LogP contribution in [0, 0.1) is 11.6 Å². The van der Waals surface area contributed by atoms with Gasteiger partial charge in [0.25, 0.3) is 0 Å². The van der Waals surface area contributed by atoms with Crippen LogP contribution in [0.4, 0.5) is 13.6 Å². The number of benzene rings is 2. The lowest BCUT2D eigenvalue weighted by Crippen LogP contribution is -2.67. The summed E-state index contributed by atoms with van der Waals surface area (Å²) in [4.78, 5) is 26.1. The number of fused-ring (bicyclic) bond motifs is 2. The molecule has 206 valence electrons. The van der Waals surface area contributed by atoms with Crippen LogP contribution < -0.4 is 4.74 Å². The van der Waals surface area contributed by atoms with Crippen LogP contribution in [0.1, 0.15) is 12.8 Å². The number of methoxy groups -OCH3 is 2. The average molecular weight is 575 g/mol. The number of halogens is 3. The first-order valence-corrected chi connectivity index (χ1v) is 13.3. The van der Waals surface area contributed by atoms with Crippen LogP contribution in [-0.2, 0) is 29.0 Å². The number of piperazine rings is 1. The third-order valence-electron chi connectivity index (χ3n) is 6.43. The van der Waals surface area contributed by atoms with Crippen molar-refractivity contribution in [2.75, 3.05) is 40.5 Å². The number of esters is 1. The SMILES string of the molecule is COCCOC(=O)N1CC2CCC(C(=O)OC)(C1)N2S(=O)(=O)c1cc(F)c(Oc2ccc(Cl)cc2)c(F)c1. The first-order chi connectivity index (χ1) is 18.0. The predicted molar refractivity (Wildman–Crippen MR) is 129 cm³/mol. The minimum atomic E-state index is -4.64. The fraction of sp³-hybridized carbons (Fsp3) is 0.417. The van der Waals surface area contributed by atoms with Crippen molar-refractivity contribution in [2.24, 2.45) is 0 Å². The molecule has 0 saturated carbocycles. The molecule has 2 heterocycles. The first kappa shape index (κ1) is 28.0. The van der Waals surface area contributed by atoms with Gasteiger partial charge in [0.15, 0.2) is 22.9 Å². The minimum absolute atomic E-state index is 0.0350. The van der Waals surface area contributed by atoms with Crippen LogP contribution in [0.25, 0.3) is 0 Å². The van der Waals surface area contributed by atoms with E-state index in [-0.39, 0.29) is 44.9 Å². The van der Waals surface area contributed by atoms with Crippen molar-refractivity contribution >= 4 is 33.7 Å². The van der Waals surface area contributed by atoms with Crippen LogP contribution in [0.15, 0.2) is 41.3 Å². The van der Waals surface area contributed by atoms with Crippen LogP contribution in [-0.4, -0.2) is 81.8 Å². The van der Waals surface area contributed by atoms with Crippen LogP contribution >= 0.6 is 11.6 Å². The minimum Gasteiger partial charge on any atom is -0.468 e. The fourth-order valence-electron chi connectivity index (χ4n) is 4.76. The van der Waals surface area contributed by atoms with Crippen molar-refractivity contribution < 1.29 is 45.7 Å². The molecule has 2 aliphatic heterocycles. The second-order valence-corrected chi connectivity index (χ2v) is 11.0. The van der Waals surface area contributed by atoms with Gasteiger partial charge in [-0.2, -0.15) is 4.31 Å². The van der Waals surface area contributed by atoms with Gasteiger partial charge in [0.1, 0.15) is 12.4 Å². The summed E-state index contributed by atoms with van der Waals surface area (Å²) in [5.74, 6) is -4.15. The second kappa shape index (κ2) is 11.0. The lowest BCUT2D eigenvalue weighted by Gasteiger charge is -2.45. The molecule has 38 heavy (non-hydrogen) atoms. The van der Waals surface area contributed by atoms with Gasteiger partial charge in [-0.25, -0.2) is 26.8 Å². The zero-order valence-electron chi connectivity index (χ0n) is 20.5. The lowest BCUT2D eigenvalue weighted by molar-refractivity contribution is -0.154. The van der Waals surface area contributed by atoms with Crippen molar-refractivity contribution in [3.05, 3.63) is 53.1 Å². The van der Waals surface area contributed by atoms with E-state index < -0.39 is 55.9 Å². The highest BCUT2D eigenvalue weighted by Gasteiger charge is 2.62. The quantitative estimate of drug-likeness (QED) is 0.347. The van der Waals surface area contributed by atoms with E-state index in [0.717, 1.165) is 11.4 Å². The highest BCUT2D eigenvalue weighted by atomic mass is 35.5. The number of amides is 1. The first-order valence-electron chi connectivity index (χ1n) is 11.5. The molecule has 2 unspecified atom stereocenters. The molecule has 2 atom stereocenters. The number of carbonyl (C=O) groups excluding carboxylic acids is 2.